The highest BCUT2D eigenvalue weighted by Gasteiger charge is 2.20. The zero-order valence-corrected chi connectivity index (χ0v) is 14.8. The Hall–Kier alpha value is -3.34. The van der Waals surface area contributed by atoms with Gasteiger partial charge in [-0.05, 0) is 29.7 Å². The summed E-state index contributed by atoms with van der Waals surface area (Å²) in [5, 5.41) is 8.06. The summed E-state index contributed by atoms with van der Waals surface area (Å²) in [4.78, 5) is 4.81. The Morgan fingerprint density at radius 3 is 2.38 bits per heavy atom. The van der Waals surface area contributed by atoms with E-state index in [1.54, 1.807) is 7.11 Å². The Morgan fingerprint density at radius 1 is 1.00 bits per heavy atom. The third kappa shape index (κ3) is 2.58. The third-order valence-corrected chi connectivity index (χ3v) is 4.61. The van der Waals surface area contributed by atoms with Gasteiger partial charge in [0.25, 0.3) is 0 Å². The Morgan fingerprint density at radius 2 is 1.73 bits per heavy atom. The predicted octanol–water partition coefficient (Wildman–Crippen LogP) is 4.45. The number of rotatable bonds is 4. The molecule has 2 aromatic heterocycles. The maximum Gasteiger partial charge on any atom is 0.184 e. The van der Waals surface area contributed by atoms with Crippen LogP contribution in [0.15, 0.2) is 54.6 Å². The third-order valence-electron chi connectivity index (χ3n) is 4.61. The van der Waals surface area contributed by atoms with Gasteiger partial charge in [0.2, 0.25) is 0 Å². The highest BCUT2D eigenvalue weighted by molar-refractivity contribution is 6.03. The van der Waals surface area contributed by atoms with Gasteiger partial charge in [0.05, 0.1) is 18.2 Å². The normalized spacial score (nSPS) is 11.0. The molecule has 3 N–H and O–H groups in total. The van der Waals surface area contributed by atoms with E-state index in [0.717, 1.165) is 45.5 Å². The Bertz CT molecular complexity index is 1050. The summed E-state index contributed by atoms with van der Waals surface area (Å²) < 4.78 is 5.30. The molecular weight excluding hydrogens is 324 g/mol. The van der Waals surface area contributed by atoms with Crippen molar-refractivity contribution in [3.8, 4) is 28.1 Å². The summed E-state index contributed by atoms with van der Waals surface area (Å²) in [6.07, 6.45) is 0.832. The molecule has 2 heterocycles. The number of benzene rings is 2. The number of fused-ring (bicyclic) bond motifs is 1. The fourth-order valence-corrected chi connectivity index (χ4v) is 3.37. The molecule has 0 atom stereocenters. The molecule has 4 rings (SSSR count). The van der Waals surface area contributed by atoms with Crippen LogP contribution >= 0.6 is 0 Å². The predicted molar refractivity (Wildman–Crippen MR) is 105 cm³/mol. The van der Waals surface area contributed by atoms with E-state index < -0.39 is 0 Å². The van der Waals surface area contributed by atoms with Crippen molar-refractivity contribution in [3.05, 3.63) is 60.2 Å². The molecule has 0 spiro atoms. The molecule has 0 saturated heterocycles. The quantitative estimate of drug-likeness (QED) is 0.573. The average molecular weight is 344 g/mol. The van der Waals surface area contributed by atoms with Gasteiger partial charge in [0, 0.05) is 11.1 Å². The van der Waals surface area contributed by atoms with Gasteiger partial charge in [-0.2, -0.15) is 5.10 Å². The first-order valence-electron chi connectivity index (χ1n) is 8.59. The number of nitrogens with two attached hydrogens (primary N) is 1. The molecule has 0 aliphatic heterocycles. The number of hydrogen-bond donors (Lipinski definition) is 2. The second kappa shape index (κ2) is 6.52. The lowest BCUT2D eigenvalue weighted by atomic mass is 9.92. The van der Waals surface area contributed by atoms with Crippen LogP contribution in [-0.2, 0) is 6.42 Å². The van der Waals surface area contributed by atoms with Gasteiger partial charge in [-0.15, -0.1) is 0 Å². The number of pyridine rings is 1. The molecule has 0 amide bonds. The van der Waals surface area contributed by atoms with Crippen molar-refractivity contribution in [3.63, 3.8) is 0 Å². The lowest BCUT2D eigenvalue weighted by molar-refractivity contribution is 0.415. The molecule has 130 valence electrons. The Labute approximate surface area is 151 Å². The minimum atomic E-state index is 0.535. The second-order valence-corrected chi connectivity index (χ2v) is 6.10. The lowest BCUT2D eigenvalue weighted by Gasteiger charge is -2.15. The van der Waals surface area contributed by atoms with Gasteiger partial charge in [0.1, 0.15) is 11.6 Å². The highest BCUT2D eigenvalue weighted by Crippen LogP contribution is 2.39. The van der Waals surface area contributed by atoms with E-state index in [0.29, 0.717) is 11.5 Å². The van der Waals surface area contributed by atoms with Crippen molar-refractivity contribution < 1.29 is 4.74 Å². The van der Waals surface area contributed by atoms with Crippen molar-refractivity contribution in [1.82, 2.24) is 15.2 Å². The maximum absolute atomic E-state index is 6.20. The van der Waals surface area contributed by atoms with Crippen LogP contribution in [0.25, 0.3) is 33.4 Å². The van der Waals surface area contributed by atoms with Gasteiger partial charge >= 0.3 is 0 Å². The lowest BCUT2D eigenvalue weighted by Crippen LogP contribution is -1.99. The Kier molecular flexibility index (Phi) is 4.05. The number of aromatic amines is 1. The molecule has 5 nitrogen and oxygen atoms in total. The van der Waals surface area contributed by atoms with E-state index >= 15 is 0 Å². The van der Waals surface area contributed by atoms with Crippen LogP contribution in [0.4, 0.5) is 5.82 Å². The SMILES string of the molecule is CCc1c(-c2ccccc2)nc2n[nH]c(N)c2c1-c1ccc(OC)cc1. The number of hydrogen-bond acceptors (Lipinski definition) is 4. The van der Waals surface area contributed by atoms with Gasteiger partial charge in [0.15, 0.2) is 5.65 Å². The molecule has 4 aromatic rings. The standard InChI is InChI=1S/C21H20N4O/c1-3-16-17(13-9-11-15(26-2)12-10-13)18-20(22)24-25-21(18)23-19(16)14-7-5-4-6-8-14/h4-12H,3H2,1-2H3,(H3,22,23,24,25). The molecule has 0 aliphatic carbocycles. The summed E-state index contributed by atoms with van der Waals surface area (Å²) in [5.74, 6) is 1.35. The van der Waals surface area contributed by atoms with E-state index in [1.807, 2.05) is 42.5 Å². The van der Waals surface area contributed by atoms with Crippen molar-refractivity contribution in [2.75, 3.05) is 12.8 Å². The number of ether oxygens (including phenoxy) is 1. The van der Waals surface area contributed by atoms with E-state index in [2.05, 4.69) is 29.3 Å². The van der Waals surface area contributed by atoms with Crippen molar-refractivity contribution in [1.29, 1.82) is 0 Å². The van der Waals surface area contributed by atoms with Crippen LogP contribution in [0.5, 0.6) is 5.75 Å². The molecule has 0 bridgehead atoms. The Balaban J connectivity index is 2.07. The van der Waals surface area contributed by atoms with Crippen LogP contribution in [-0.4, -0.2) is 22.3 Å². The van der Waals surface area contributed by atoms with E-state index in [1.165, 1.54) is 0 Å². The zero-order valence-electron chi connectivity index (χ0n) is 14.8. The average Bonchev–Trinajstić information content (AvgIpc) is 3.08. The molecule has 0 saturated carbocycles. The van der Waals surface area contributed by atoms with Crippen molar-refractivity contribution in [2.24, 2.45) is 0 Å². The fourth-order valence-electron chi connectivity index (χ4n) is 3.37. The summed E-state index contributed by atoms with van der Waals surface area (Å²) in [6.45, 7) is 2.14. The molecule has 26 heavy (non-hydrogen) atoms. The number of nitrogen functional groups attached to an aromatic ring is 1. The van der Waals surface area contributed by atoms with E-state index in [4.69, 9.17) is 15.5 Å². The minimum absolute atomic E-state index is 0.535. The first-order chi connectivity index (χ1) is 12.7. The molecule has 0 unspecified atom stereocenters. The summed E-state index contributed by atoms with van der Waals surface area (Å²) in [7, 11) is 1.67. The van der Waals surface area contributed by atoms with Gasteiger partial charge in [-0.1, -0.05) is 49.4 Å². The number of H-pyrrole nitrogens is 1. The van der Waals surface area contributed by atoms with Crippen LogP contribution in [0.1, 0.15) is 12.5 Å². The largest absolute Gasteiger partial charge is 0.497 e. The summed E-state index contributed by atoms with van der Waals surface area (Å²) in [6, 6.07) is 18.2. The smallest absolute Gasteiger partial charge is 0.184 e. The zero-order chi connectivity index (χ0) is 18.1. The van der Waals surface area contributed by atoms with E-state index in [9.17, 15) is 0 Å². The maximum atomic E-state index is 6.20. The molecule has 2 aromatic carbocycles. The fraction of sp³-hybridized carbons (Fsp3) is 0.143. The molecule has 5 heteroatoms. The van der Waals surface area contributed by atoms with Crippen LogP contribution in [0.2, 0.25) is 0 Å². The van der Waals surface area contributed by atoms with Crippen molar-refractivity contribution >= 4 is 16.9 Å². The molecule has 0 radical (unpaired) electrons. The van der Waals surface area contributed by atoms with Crippen LogP contribution in [0, 0.1) is 0 Å². The minimum Gasteiger partial charge on any atom is -0.497 e. The first-order valence-corrected chi connectivity index (χ1v) is 8.59. The van der Waals surface area contributed by atoms with Crippen LogP contribution in [0.3, 0.4) is 0 Å². The summed E-state index contributed by atoms with van der Waals surface area (Å²) in [5.41, 5.74) is 12.1. The van der Waals surface area contributed by atoms with Gasteiger partial charge in [-0.3, -0.25) is 5.10 Å². The highest BCUT2D eigenvalue weighted by atomic mass is 16.5. The van der Waals surface area contributed by atoms with Crippen LogP contribution < -0.4 is 10.5 Å². The molecule has 0 fully saturated rings. The topological polar surface area (TPSA) is 76.8 Å². The van der Waals surface area contributed by atoms with Gasteiger partial charge < -0.3 is 10.5 Å². The molecular formula is C21H20N4O. The van der Waals surface area contributed by atoms with E-state index in [-0.39, 0.29) is 0 Å². The van der Waals surface area contributed by atoms with Gasteiger partial charge in [-0.25, -0.2) is 4.98 Å². The number of methoxy groups -OCH3 is 1. The monoisotopic (exact) mass is 344 g/mol. The number of nitrogens with zero attached hydrogens (tertiary/aromatic N) is 2. The first kappa shape index (κ1) is 16.1. The number of anilines is 1. The van der Waals surface area contributed by atoms with Crippen molar-refractivity contribution in [2.45, 2.75) is 13.3 Å². The molecule has 0 aliphatic rings. The second-order valence-electron chi connectivity index (χ2n) is 6.10. The number of aromatic nitrogens is 3. The summed E-state index contributed by atoms with van der Waals surface area (Å²) >= 11 is 0. The number of nitrogens with one attached hydrogen (secondary N) is 1.